The second kappa shape index (κ2) is 5.79. The van der Waals surface area contributed by atoms with E-state index in [0.717, 1.165) is 5.56 Å². The maximum atomic E-state index is 11.4. The largest absolute Gasteiger partial charge is 0.445 e. The smallest absolute Gasteiger partial charge is 0.407 e. The summed E-state index contributed by atoms with van der Waals surface area (Å²) in [5.41, 5.74) is 0.925. The van der Waals surface area contributed by atoms with Gasteiger partial charge < -0.3 is 10.1 Å². The molecule has 1 aliphatic heterocycles. The van der Waals surface area contributed by atoms with Crippen LogP contribution >= 0.6 is 0 Å². The van der Waals surface area contributed by atoms with E-state index in [9.17, 15) is 9.00 Å². The van der Waals surface area contributed by atoms with Gasteiger partial charge in [0.05, 0.1) is 18.4 Å². The maximum absolute atomic E-state index is 11.4. The van der Waals surface area contributed by atoms with Crippen molar-refractivity contribution in [3.05, 3.63) is 35.9 Å². The molecule has 0 aliphatic carbocycles. The van der Waals surface area contributed by atoms with Crippen LogP contribution < -0.4 is 5.32 Å². The molecule has 1 aliphatic rings. The predicted molar refractivity (Wildman–Crippen MR) is 62.5 cm³/mol. The van der Waals surface area contributed by atoms with E-state index in [0.29, 0.717) is 5.75 Å². The molecule has 1 aromatic rings. The van der Waals surface area contributed by atoms with Crippen molar-refractivity contribution in [1.82, 2.24) is 5.32 Å². The Kier molecular flexibility index (Phi) is 4.11. The Labute approximate surface area is 102 Å². The number of hydrogen-bond donors (Lipinski definition) is 1. The fourth-order valence-corrected chi connectivity index (χ4v) is 2.35. The fourth-order valence-electron chi connectivity index (χ4n) is 1.43. The summed E-state index contributed by atoms with van der Waals surface area (Å²) < 4.78 is 20.8. The molecule has 6 heteroatoms. The van der Waals surface area contributed by atoms with Gasteiger partial charge in [-0.1, -0.05) is 30.3 Å². The monoisotopic (exact) mass is 255 g/mol. The first-order valence-electron chi connectivity index (χ1n) is 5.23. The number of benzene rings is 1. The zero-order chi connectivity index (χ0) is 12.1. The van der Waals surface area contributed by atoms with Gasteiger partial charge in [-0.05, 0) is 5.56 Å². The molecule has 17 heavy (non-hydrogen) atoms. The molecule has 0 radical (unpaired) electrons. The molecular formula is C11H13NO4S. The highest BCUT2D eigenvalue weighted by Crippen LogP contribution is 2.05. The Morgan fingerprint density at radius 2 is 2.24 bits per heavy atom. The lowest BCUT2D eigenvalue weighted by Crippen LogP contribution is -2.37. The van der Waals surface area contributed by atoms with E-state index in [2.05, 4.69) is 5.32 Å². The highest BCUT2D eigenvalue weighted by molar-refractivity contribution is 7.80. The van der Waals surface area contributed by atoms with Crippen LogP contribution in [0.4, 0.5) is 4.79 Å². The molecular weight excluding hydrogens is 242 g/mol. The minimum atomic E-state index is -1.28. The molecule has 5 nitrogen and oxygen atoms in total. The van der Waals surface area contributed by atoms with Crippen LogP contribution in [-0.4, -0.2) is 28.7 Å². The van der Waals surface area contributed by atoms with Crippen LogP contribution in [0, 0.1) is 0 Å². The van der Waals surface area contributed by atoms with E-state index in [-0.39, 0.29) is 19.3 Å². The Balaban J connectivity index is 1.73. The first kappa shape index (κ1) is 12.1. The second-order valence-electron chi connectivity index (χ2n) is 3.66. The number of carbonyl (C=O) groups is 1. The van der Waals surface area contributed by atoms with Crippen molar-refractivity contribution >= 4 is 17.2 Å². The van der Waals surface area contributed by atoms with Crippen LogP contribution in [0.25, 0.3) is 0 Å². The summed E-state index contributed by atoms with van der Waals surface area (Å²) in [6.07, 6.45) is -0.513. The number of ether oxygens (including phenoxy) is 1. The van der Waals surface area contributed by atoms with Crippen LogP contribution in [-0.2, 0) is 26.6 Å². The molecule has 1 amide bonds. The van der Waals surface area contributed by atoms with Crippen LogP contribution in [0.2, 0.25) is 0 Å². The molecule has 0 unspecified atom stereocenters. The minimum Gasteiger partial charge on any atom is -0.445 e. The molecule has 1 heterocycles. The van der Waals surface area contributed by atoms with Gasteiger partial charge in [-0.3, -0.25) is 4.18 Å². The van der Waals surface area contributed by atoms with Gasteiger partial charge in [0.15, 0.2) is 11.1 Å². The summed E-state index contributed by atoms with van der Waals surface area (Å²) in [7, 11) is 0. The van der Waals surface area contributed by atoms with Crippen molar-refractivity contribution in [2.45, 2.75) is 12.6 Å². The molecule has 0 spiro atoms. The third-order valence-corrected chi connectivity index (χ3v) is 3.35. The lowest BCUT2D eigenvalue weighted by molar-refractivity contribution is 0.135. The van der Waals surface area contributed by atoms with Gasteiger partial charge in [-0.2, -0.15) is 0 Å². The van der Waals surface area contributed by atoms with Crippen LogP contribution in [0.3, 0.4) is 0 Å². The topological polar surface area (TPSA) is 64.6 Å². The summed E-state index contributed by atoms with van der Waals surface area (Å²) in [6.45, 7) is 0.496. The first-order valence-corrected chi connectivity index (χ1v) is 6.47. The van der Waals surface area contributed by atoms with Gasteiger partial charge in [-0.15, -0.1) is 0 Å². The Morgan fingerprint density at radius 3 is 2.88 bits per heavy atom. The highest BCUT2D eigenvalue weighted by atomic mass is 32.2. The third-order valence-electron chi connectivity index (χ3n) is 2.27. The van der Waals surface area contributed by atoms with Gasteiger partial charge in [0.1, 0.15) is 6.61 Å². The standard InChI is InChI=1S/C11H13NO4S/c13-11(12-10-7-16-17(14)8-10)15-6-9-4-2-1-3-5-9/h1-5,10H,6-8H2,(H,12,13)/t10-,17+/m0/s1. The van der Waals surface area contributed by atoms with Crippen molar-refractivity contribution in [1.29, 1.82) is 0 Å². The molecule has 1 aromatic carbocycles. The van der Waals surface area contributed by atoms with Gasteiger partial charge in [0.25, 0.3) is 0 Å². The molecule has 0 bridgehead atoms. The van der Waals surface area contributed by atoms with Crippen molar-refractivity contribution in [2.24, 2.45) is 0 Å². The zero-order valence-corrected chi connectivity index (χ0v) is 9.94. The molecule has 2 atom stereocenters. The average Bonchev–Trinajstić information content (AvgIpc) is 2.73. The highest BCUT2D eigenvalue weighted by Gasteiger charge is 2.24. The second-order valence-corrected chi connectivity index (χ2v) is 4.83. The predicted octanol–water partition coefficient (Wildman–Crippen LogP) is 0.975. The van der Waals surface area contributed by atoms with Crippen molar-refractivity contribution in [2.75, 3.05) is 12.4 Å². The Morgan fingerprint density at radius 1 is 1.47 bits per heavy atom. The van der Waals surface area contributed by atoms with Gasteiger partial charge in [0, 0.05) is 0 Å². The lowest BCUT2D eigenvalue weighted by Gasteiger charge is -2.10. The lowest BCUT2D eigenvalue weighted by atomic mass is 10.2. The number of hydrogen-bond acceptors (Lipinski definition) is 4. The van der Waals surface area contributed by atoms with E-state index in [1.165, 1.54) is 0 Å². The van der Waals surface area contributed by atoms with Gasteiger partial charge in [-0.25, -0.2) is 9.00 Å². The van der Waals surface area contributed by atoms with Crippen molar-refractivity contribution < 1.29 is 17.9 Å². The number of carbonyl (C=O) groups excluding carboxylic acids is 1. The summed E-state index contributed by atoms with van der Waals surface area (Å²) in [5.74, 6) is 0.320. The van der Waals surface area contributed by atoms with E-state index >= 15 is 0 Å². The van der Waals surface area contributed by atoms with E-state index < -0.39 is 17.2 Å². The Bertz CT molecular complexity index is 409. The number of alkyl carbamates (subject to hydrolysis) is 1. The third kappa shape index (κ3) is 3.83. The molecule has 1 N–H and O–H groups in total. The molecule has 0 saturated carbocycles. The maximum Gasteiger partial charge on any atom is 0.407 e. The zero-order valence-electron chi connectivity index (χ0n) is 9.13. The summed E-state index contributed by atoms with van der Waals surface area (Å²) in [5, 5.41) is 2.60. The fraction of sp³-hybridized carbons (Fsp3) is 0.364. The molecule has 92 valence electrons. The number of nitrogens with one attached hydrogen (secondary N) is 1. The Hall–Kier alpha value is -1.40. The quantitative estimate of drug-likeness (QED) is 0.874. The number of rotatable bonds is 3. The molecule has 2 rings (SSSR count). The number of amides is 1. The van der Waals surface area contributed by atoms with E-state index in [1.807, 2.05) is 30.3 Å². The van der Waals surface area contributed by atoms with Crippen LogP contribution in [0.5, 0.6) is 0 Å². The molecule has 0 aromatic heterocycles. The minimum absolute atomic E-state index is 0.223. The summed E-state index contributed by atoms with van der Waals surface area (Å²) in [6, 6.07) is 9.19. The first-order chi connectivity index (χ1) is 8.24. The van der Waals surface area contributed by atoms with Gasteiger partial charge >= 0.3 is 6.09 Å². The molecule has 1 saturated heterocycles. The average molecular weight is 255 g/mol. The van der Waals surface area contributed by atoms with Crippen LogP contribution in [0.15, 0.2) is 30.3 Å². The van der Waals surface area contributed by atoms with Crippen LogP contribution in [0.1, 0.15) is 5.56 Å². The normalized spacial score (nSPS) is 23.3. The summed E-state index contributed by atoms with van der Waals surface area (Å²) >= 11 is -1.28. The van der Waals surface area contributed by atoms with E-state index in [1.54, 1.807) is 0 Å². The van der Waals surface area contributed by atoms with E-state index in [4.69, 9.17) is 8.92 Å². The van der Waals surface area contributed by atoms with Crippen molar-refractivity contribution in [3.63, 3.8) is 0 Å². The van der Waals surface area contributed by atoms with Crippen molar-refractivity contribution in [3.8, 4) is 0 Å². The SMILES string of the molecule is O=C(N[C@H]1CO[S@@](=O)C1)OCc1ccccc1. The van der Waals surface area contributed by atoms with Gasteiger partial charge in [0.2, 0.25) is 0 Å². The molecule has 1 fully saturated rings. The summed E-state index contributed by atoms with van der Waals surface area (Å²) in [4.78, 5) is 11.4.